The van der Waals surface area contributed by atoms with Gasteiger partial charge in [0.2, 0.25) is 5.88 Å². The second-order valence-corrected chi connectivity index (χ2v) is 4.12. The fraction of sp³-hybridized carbons (Fsp3) is 0.0833. The number of ether oxygens (including phenoxy) is 1. The Morgan fingerprint density at radius 3 is 3.05 bits per heavy atom. The summed E-state index contributed by atoms with van der Waals surface area (Å²) in [5.41, 5.74) is -0.311. The van der Waals surface area contributed by atoms with Gasteiger partial charge in [0.15, 0.2) is 17.1 Å². The summed E-state index contributed by atoms with van der Waals surface area (Å²) in [6.07, 6.45) is 1.35. The standard InChI is InChI=1S/C12H9N5O4/c1-6-14-9(5-8-15-16-12(20)17(6)8)21-7-3-2-4-13-10(7)11(18)19/h2-5H,1H3,(H,16,20)(H,18,19). The van der Waals surface area contributed by atoms with Crippen molar-refractivity contribution in [3.8, 4) is 11.6 Å². The molecule has 21 heavy (non-hydrogen) atoms. The molecule has 0 unspecified atom stereocenters. The predicted octanol–water partition coefficient (Wildman–Crippen LogP) is 0.612. The number of nitrogens with one attached hydrogen (secondary N) is 1. The molecule has 3 aromatic heterocycles. The average Bonchev–Trinajstić information content (AvgIpc) is 2.81. The van der Waals surface area contributed by atoms with Crippen molar-refractivity contribution in [3.63, 3.8) is 0 Å². The molecule has 3 heterocycles. The highest BCUT2D eigenvalue weighted by molar-refractivity contribution is 5.88. The van der Waals surface area contributed by atoms with E-state index in [4.69, 9.17) is 9.84 Å². The van der Waals surface area contributed by atoms with Crippen LogP contribution in [0.3, 0.4) is 0 Å². The lowest BCUT2D eigenvalue weighted by atomic mass is 10.3. The third-order valence-corrected chi connectivity index (χ3v) is 2.73. The summed E-state index contributed by atoms with van der Waals surface area (Å²) in [5, 5.41) is 15.2. The highest BCUT2D eigenvalue weighted by atomic mass is 16.5. The number of aromatic amines is 1. The third-order valence-electron chi connectivity index (χ3n) is 2.73. The Hall–Kier alpha value is -3.23. The number of carboxylic acids is 1. The van der Waals surface area contributed by atoms with Crippen molar-refractivity contribution >= 4 is 11.6 Å². The van der Waals surface area contributed by atoms with Crippen LogP contribution in [0.5, 0.6) is 11.6 Å². The molecule has 0 saturated heterocycles. The van der Waals surface area contributed by atoms with Crippen LogP contribution >= 0.6 is 0 Å². The van der Waals surface area contributed by atoms with Gasteiger partial charge in [0.05, 0.1) is 0 Å². The molecule has 0 aliphatic rings. The summed E-state index contributed by atoms with van der Waals surface area (Å²) in [6.45, 7) is 1.61. The minimum Gasteiger partial charge on any atom is -0.476 e. The molecule has 0 saturated carbocycles. The van der Waals surface area contributed by atoms with E-state index < -0.39 is 11.7 Å². The lowest BCUT2D eigenvalue weighted by molar-refractivity contribution is 0.0687. The van der Waals surface area contributed by atoms with Crippen molar-refractivity contribution in [3.05, 3.63) is 46.4 Å². The lowest BCUT2D eigenvalue weighted by Gasteiger charge is -2.07. The van der Waals surface area contributed by atoms with E-state index in [9.17, 15) is 9.59 Å². The third kappa shape index (κ3) is 2.20. The maximum absolute atomic E-state index is 11.5. The van der Waals surface area contributed by atoms with Crippen LogP contribution in [0.2, 0.25) is 0 Å². The molecule has 3 aromatic rings. The Bertz CT molecular complexity index is 898. The van der Waals surface area contributed by atoms with Crippen molar-refractivity contribution in [1.82, 2.24) is 24.6 Å². The molecule has 106 valence electrons. The Kier molecular flexibility index (Phi) is 2.87. The molecular formula is C12H9N5O4. The number of aryl methyl sites for hydroxylation is 1. The first-order valence-corrected chi connectivity index (χ1v) is 5.87. The van der Waals surface area contributed by atoms with Gasteiger partial charge in [-0.1, -0.05) is 0 Å². The van der Waals surface area contributed by atoms with E-state index in [-0.39, 0.29) is 17.3 Å². The summed E-state index contributed by atoms with van der Waals surface area (Å²) in [4.78, 5) is 30.4. The first kappa shape index (κ1) is 12.8. The van der Waals surface area contributed by atoms with E-state index in [0.717, 1.165) is 0 Å². The predicted molar refractivity (Wildman–Crippen MR) is 69.6 cm³/mol. The van der Waals surface area contributed by atoms with Gasteiger partial charge in [-0.05, 0) is 19.1 Å². The molecule has 0 aliphatic heterocycles. The van der Waals surface area contributed by atoms with Gasteiger partial charge in [-0.25, -0.2) is 24.1 Å². The van der Waals surface area contributed by atoms with Crippen LogP contribution in [-0.2, 0) is 0 Å². The van der Waals surface area contributed by atoms with E-state index in [1.807, 2.05) is 0 Å². The number of carboxylic acid groups (broad SMARTS) is 1. The molecule has 3 rings (SSSR count). The molecule has 0 atom stereocenters. The highest BCUT2D eigenvalue weighted by Gasteiger charge is 2.15. The van der Waals surface area contributed by atoms with E-state index >= 15 is 0 Å². The van der Waals surface area contributed by atoms with Crippen LogP contribution in [0.1, 0.15) is 16.3 Å². The van der Waals surface area contributed by atoms with Crippen LogP contribution in [0.4, 0.5) is 0 Å². The molecule has 0 spiro atoms. The molecule has 2 N–H and O–H groups in total. The SMILES string of the molecule is Cc1nc(Oc2cccnc2C(=O)O)cc2n[nH]c(=O)n12. The number of carbonyl (C=O) groups is 1. The van der Waals surface area contributed by atoms with Gasteiger partial charge in [0.1, 0.15) is 5.82 Å². The van der Waals surface area contributed by atoms with E-state index in [1.165, 1.54) is 22.7 Å². The van der Waals surface area contributed by atoms with Crippen molar-refractivity contribution < 1.29 is 14.6 Å². The zero-order valence-corrected chi connectivity index (χ0v) is 10.8. The van der Waals surface area contributed by atoms with Gasteiger partial charge >= 0.3 is 11.7 Å². The van der Waals surface area contributed by atoms with Crippen LogP contribution in [-0.4, -0.2) is 35.6 Å². The smallest absolute Gasteiger partial charge is 0.358 e. The topological polar surface area (TPSA) is 122 Å². The first-order chi connectivity index (χ1) is 10.1. The number of rotatable bonds is 3. The summed E-state index contributed by atoms with van der Waals surface area (Å²) in [7, 11) is 0. The molecule has 0 fully saturated rings. The van der Waals surface area contributed by atoms with Gasteiger partial charge in [0, 0.05) is 12.3 Å². The zero-order valence-electron chi connectivity index (χ0n) is 10.8. The zero-order chi connectivity index (χ0) is 15.0. The second-order valence-electron chi connectivity index (χ2n) is 4.12. The van der Waals surface area contributed by atoms with Crippen molar-refractivity contribution in [1.29, 1.82) is 0 Å². The monoisotopic (exact) mass is 287 g/mol. The number of hydrogen-bond acceptors (Lipinski definition) is 6. The molecule has 0 bridgehead atoms. The van der Waals surface area contributed by atoms with Gasteiger partial charge in [-0.2, -0.15) is 10.1 Å². The van der Waals surface area contributed by atoms with Crippen molar-refractivity contribution in [2.75, 3.05) is 0 Å². The van der Waals surface area contributed by atoms with Crippen LogP contribution in [0.15, 0.2) is 29.2 Å². The largest absolute Gasteiger partial charge is 0.476 e. The number of fused-ring (bicyclic) bond motifs is 1. The maximum Gasteiger partial charge on any atom is 0.358 e. The Labute approximate surface area is 116 Å². The molecule has 0 amide bonds. The van der Waals surface area contributed by atoms with Crippen molar-refractivity contribution in [2.24, 2.45) is 0 Å². The second kappa shape index (κ2) is 4.71. The van der Waals surface area contributed by atoms with Crippen LogP contribution in [0, 0.1) is 6.92 Å². The number of aromatic nitrogens is 5. The number of H-pyrrole nitrogens is 1. The van der Waals surface area contributed by atoms with Gasteiger partial charge in [-0.3, -0.25) is 0 Å². The fourth-order valence-corrected chi connectivity index (χ4v) is 1.87. The highest BCUT2D eigenvalue weighted by Crippen LogP contribution is 2.23. The molecule has 0 radical (unpaired) electrons. The maximum atomic E-state index is 11.5. The van der Waals surface area contributed by atoms with Crippen molar-refractivity contribution in [2.45, 2.75) is 6.92 Å². The number of nitrogens with zero attached hydrogens (tertiary/aromatic N) is 4. The summed E-state index contributed by atoms with van der Waals surface area (Å²) in [6, 6.07) is 4.43. The lowest BCUT2D eigenvalue weighted by Crippen LogP contribution is -2.13. The Balaban J connectivity index is 2.07. The van der Waals surface area contributed by atoms with Crippen LogP contribution < -0.4 is 10.4 Å². The number of hydrogen-bond donors (Lipinski definition) is 2. The normalized spacial score (nSPS) is 10.7. The molecule has 0 aromatic carbocycles. The quantitative estimate of drug-likeness (QED) is 0.723. The Morgan fingerprint density at radius 1 is 1.48 bits per heavy atom. The molecule has 9 nitrogen and oxygen atoms in total. The van der Waals surface area contributed by atoms with Gasteiger partial charge < -0.3 is 9.84 Å². The van der Waals surface area contributed by atoms with E-state index in [2.05, 4.69) is 20.2 Å². The molecule has 0 aliphatic carbocycles. The average molecular weight is 287 g/mol. The molecular weight excluding hydrogens is 278 g/mol. The summed E-state index contributed by atoms with van der Waals surface area (Å²) < 4.78 is 6.72. The Morgan fingerprint density at radius 2 is 2.29 bits per heavy atom. The number of pyridine rings is 1. The summed E-state index contributed by atoms with van der Waals surface area (Å²) >= 11 is 0. The van der Waals surface area contributed by atoms with E-state index in [0.29, 0.717) is 11.5 Å². The summed E-state index contributed by atoms with van der Waals surface area (Å²) in [5.74, 6) is -0.671. The fourth-order valence-electron chi connectivity index (χ4n) is 1.87. The number of aromatic carboxylic acids is 1. The van der Waals surface area contributed by atoms with Gasteiger partial charge in [0.25, 0.3) is 0 Å². The minimum absolute atomic E-state index is 0.0548. The minimum atomic E-state index is -1.21. The first-order valence-electron chi connectivity index (χ1n) is 5.87. The van der Waals surface area contributed by atoms with E-state index in [1.54, 1.807) is 13.0 Å². The molecule has 9 heteroatoms. The van der Waals surface area contributed by atoms with Crippen LogP contribution in [0.25, 0.3) is 5.65 Å². The van der Waals surface area contributed by atoms with Gasteiger partial charge in [-0.15, -0.1) is 0 Å².